The maximum atomic E-state index is 11.4. The highest BCUT2D eigenvalue weighted by Gasteiger charge is 2.29. The Balaban J connectivity index is 1.62. The molecule has 1 aliphatic heterocycles. The maximum absolute atomic E-state index is 11.4. The topological polar surface area (TPSA) is 119 Å². The Morgan fingerprint density at radius 1 is 1.32 bits per heavy atom. The molecule has 1 unspecified atom stereocenters. The minimum absolute atomic E-state index is 0.0595. The number of hydrogen-bond donors (Lipinski definition) is 2. The highest BCUT2D eigenvalue weighted by atomic mass is 16.5. The number of fused-ring (bicyclic) bond motifs is 1. The number of carbonyl (C=O) groups is 1. The largest absolute Gasteiger partial charge is 0.478 e. The van der Waals surface area contributed by atoms with E-state index in [4.69, 9.17) is 10.5 Å². The first-order chi connectivity index (χ1) is 13.7. The Labute approximate surface area is 161 Å². The number of nitrogens with two attached hydrogens (primary N) is 1. The van der Waals surface area contributed by atoms with E-state index in [9.17, 15) is 9.90 Å². The third kappa shape index (κ3) is 3.48. The minimum atomic E-state index is -1.04. The Hall–Kier alpha value is -3.20. The van der Waals surface area contributed by atoms with Gasteiger partial charge in [0.1, 0.15) is 11.4 Å². The van der Waals surface area contributed by atoms with Gasteiger partial charge < -0.3 is 20.5 Å². The summed E-state index contributed by atoms with van der Waals surface area (Å²) in [5.41, 5.74) is 6.85. The standard InChI is InChI=1S/C19H22N6O3/c20-8-3-11-28-17-6-1-4-14(22-17)15-5-2-9-24(15)16-7-10-25-18(23-16)13(12-21-25)19(26)27/h1,4,6-7,10,12,15H,2-3,5,8-9,11,20H2,(H,26,27). The van der Waals surface area contributed by atoms with Gasteiger partial charge in [0.15, 0.2) is 5.65 Å². The van der Waals surface area contributed by atoms with Gasteiger partial charge >= 0.3 is 5.97 Å². The van der Waals surface area contributed by atoms with E-state index >= 15 is 0 Å². The molecule has 9 nitrogen and oxygen atoms in total. The van der Waals surface area contributed by atoms with Crippen molar-refractivity contribution in [2.24, 2.45) is 5.73 Å². The van der Waals surface area contributed by atoms with Crippen LogP contribution in [0.2, 0.25) is 0 Å². The van der Waals surface area contributed by atoms with Crippen molar-refractivity contribution in [3.63, 3.8) is 0 Å². The van der Waals surface area contributed by atoms with E-state index in [1.807, 2.05) is 24.3 Å². The minimum Gasteiger partial charge on any atom is -0.478 e. The van der Waals surface area contributed by atoms with Gasteiger partial charge in [0.2, 0.25) is 5.88 Å². The van der Waals surface area contributed by atoms with Crippen LogP contribution >= 0.6 is 0 Å². The molecule has 4 heterocycles. The van der Waals surface area contributed by atoms with Crippen molar-refractivity contribution in [1.29, 1.82) is 0 Å². The summed E-state index contributed by atoms with van der Waals surface area (Å²) in [6.45, 7) is 1.94. The van der Waals surface area contributed by atoms with Crippen LogP contribution < -0.4 is 15.4 Å². The quantitative estimate of drug-likeness (QED) is 0.595. The Kier molecular flexibility index (Phi) is 5.07. The lowest BCUT2D eigenvalue weighted by atomic mass is 10.1. The predicted octanol–water partition coefficient (Wildman–Crippen LogP) is 1.89. The molecule has 3 aromatic heterocycles. The second-order valence-electron chi connectivity index (χ2n) is 6.66. The van der Waals surface area contributed by atoms with Gasteiger partial charge in [0.05, 0.1) is 24.5 Å². The summed E-state index contributed by atoms with van der Waals surface area (Å²) in [6.07, 6.45) is 5.78. The second-order valence-corrected chi connectivity index (χ2v) is 6.66. The molecule has 4 rings (SSSR count). The second kappa shape index (κ2) is 7.81. The number of pyridine rings is 1. The summed E-state index contributed by atoms with van der Waals surface area (Å²) >= 11 is 0. The summed E-state index contributed by atoms with van der Waals surface area (Å²) in [5, 5.41) is 13.4. The van der Waals surface area contributed by atoms with Gasteiger partial charge in [-0.1, -0.05) is 6.07 Å². The molecule has 1 fully saturated rings. The van der Waals surface area contributed by atoms with E-state index in [2.05, 4.69) is 20.0 Å². The summed E-state index contributed by atoms with van der Waals surface area (Å²) in [5.74, 6) is 0.265. The molecule has 146 valence electrons. The number of nitrogens with zero attached hydrogens (tertiary/aromatic N) is 5. The van der Waals surface area contributed by atoms with Crippen LogP contribution in [0, 0.1) is 0 Å². The molecule has 0 aliphatic carbocycles. The number of aromatic nitrogens is 4. The molecule has 28 heavy (non-hydrogen) atoms. The highest BCUT2D eigenvalue weighted by Crippen LogP contribution is 2.35. The smallest absolute Gasteiger partial charge is 0.341 e. The lowest BCUT2D eigenvalue weighted by Gasteiger charge is -2.25. The van der Waals surface area contributed by atoms with Crippen molar-refractivity contribution in [2.75, 3.05) is 24.6 Å². The van der Waals surface area contributed by atoms with Crippen molar-refractivity contribution in [3.05, 3.63) is 47.9 Å². The van der Waals surface area contributed by atoms with Gasteiger partial charge in [-0.3, -0.25) is 0 Å². The molecule has 3 N–H and O–H groups in total. The molecule has 1 aliphatic rings. The van der Waals surface area contributed by atoms with Crippen molar-refractivity contribution >= 4 is 17.4 Å². The first kappa shape index (κ1) is 18.2. The van der Waals surface area contributed by atoms with Gasteiger partial charge in [0, 0.05) is 18.8 Å². The van der Waals surface area contributed by atoms with E-state index in [1.165, 1.54) is 10.7 Å². The molecule has 1 atom stereocenters. The summed E-state index contributed by atoms with van der Waals surface area (Å²) in [7, 11) is 0. The van der Waals surface area contributed by atoms with Gasteiger partial charge in [-0.05, 0) is 37.9 Å². The fourth-order valence-corrected chi connectivity index (χ4v) is 3.48. The van der Waals surface area contributed by atoms with Gasteiger partial charge in [-0.15, -0.1) is 0 Å². The van der Waals surface area contributed by atoms with E-state index in [0.717, 1.165) is 31.5 Å². The van der Waals surface area contributed by atoms with Crippen LogP contribution in [0.3, 0.4) is 0 Å². The van der Waals surface area contributed by atoms with Crippen molar-refractivity contribution in [2.45, 2.75) is 25.3 Å². The maximum Gasteiger partial charge on any atom is 0.341 e. The number of ether oxygens (including phenoxy) is 1. The van der Waals surface area contributed by atoms with Gasteiger partial charge in [-0.25, -0.2) is 19.3 Å². The summed E-state index contributed by atoms with van der Waals surface area (Å²) < 4.78 is 7.15. The summed E-state index contributed by atoms with van der Waals surface area (Å²) in [4.78, 5) is 22.8. The number of carboxylic acid groups (broad SMARTS) is 1. The fourth-order valence-electron chi connectivity index (χ4n) is 3.48. The van der Waals surface area contributed by atoms with Crippen LogP contribution in [0.4, 0.5) is 5.82 Å². The molecule has 0 amide bonds. The average Bonchev–Trinajstić information content (AvgIpc) is 3.35. The Morgan fingerprint density at radius 3 is 3.04 bits per heavy atom. The SMILES string of the molecule is NCCCOc1cccc(C2CCCN2c2ccn3ncc(C(=O)O)c3n2)n1. The normalized spacial score (nSPS) is 16.6. The molecule has 1 saturated heterocycles. The van der Waals surface area contributed by atoms with Gasteiger partial charge in [0.25, 0.3) is 0 Å². The predicted molar refractivity (Wildman–Crippen MR) is 103 cm³/mol. The van der Waals surface area contributed by atoms with E-state index in [0.29, 0.717) is 30.5 Å². The lowest BCUT2D eigenvalue weighted by Crippen LogP contribution is -2.24. The van der Waals surface area contributed by atoms with E-state index in [1.54, 1.807) is 6.20 Å². The van der Waals surface area contributed by atoms with E-state index in [-0.39, 0.29) is 11.6 Å². The Morgan fingerprint density at radius 2 is 2.21 bits per heavy atom. The molecule has 3 aromatic rings. The molecule has 0 radical (unpaired) electrons. The van der Waals surface area contributed by atoms with Crippen LogP contribution in [0.5, 0.6) is 5.88 Å². The van der Waals surface area contributed by atoms with E-state index < -0.39 is 5.97 Å². The number of rotatable bonds is 7. The number of anilines is 1. The molecule has 0 bridgehead atoms. The molecular weight excluding hydrogens is 360 g/mol. The fraction of sp³-hybridized carbons (Fsp3) is 0.368. The monoisotopic (exact) mass is 382 g/mol. The number of hydrogen-bond acceptors (Lipinski definition) is 7. The Bertz CT molecular complexity index is 989. The van der Waals surface area contributed by atoms with Crippen molar-refractivity contribution in [3.8, 4) is 5.88 Å². The first-order valence-corrected chi connectivity index (χ1v) is 9.31. The average molecular weight is 382 g/mol. The van der Waals surface area contributed by atoms with Crippen molar-refractivity contribution in [1.82, 2.24) is 19.6 Å². The van der Waals surface area contributed by atoms with Gasteiger partial charge in [-0.2, -0.15) is 5.10 Å². The molecule has 0 spiro atoms. The van der Waals surface area contributed by atoms with Crippen LogP contribution in [0.25, 0.3) is 5.65 Å². The highest BCUT2D eigenvalue weighted by molar-refractivity contribution is 5.94. The zero-order valence-electron chi connectivity index (χ0n) is 15.4. The lowest BCUT2D eigenvalue weighted by molar-refractivity contribution is 0.0698. The third-order valence-electron chi connectivity index (χ3n) is 4.82. The zero-order chi connectivity index (χ0) is 19.5. The van der Waals surface area contributed by atoms with Crippen LogP contribution in [0.15, 0.2) is 36.7 Å². The summed E-state index contributed by atoms with van der Waals surface area (Å²) in [6, 6.07) is 7.68. The zero-order valence-corrected chi connectivity index (χ0v) is 15.4. The molecule has 9 heteroatoms. The van der Waals surface area contributed by atoms with Crippen LogP contribution in [-0.4, -0.2) is 50.4 Å². The molecular formula is C19H22N6O3. The number of aromatic carboxylic acids is 1. The molecule has 0 saturated carbocycles. The van der Waals surface area contributed by atoms with Crippen LogP contribution in [0.1, 0.15) is 41.4 Å². The first-order valence-electron chi connectivity index (χ1n) is 9.31. The molecule has 0 aromatic carbocycles. The van der Waals surface area contributed by atoms with Crippen molar-refractivity contribution < 1.29 is 14.6 Å². The third-order valence-corrected chi connectivity index (χ3v) is 4.82. The number of carboxylic acids is 1. The van der Waals surface area contributed by atoms with Crippen LogP contribution in [-0.2, 0) is 0 Å².